The molecule has 2 aliphatic carbocycles. The van der Waals surface area contributed by atoms with E-state index in [-0.39, 0.29) is 18.4 Å². The molecule has 0 aromatic heterocycles. The standard InChI is InChI=1S/C45H37F6NO4/c1-6-19-52-42(53)38-30-17-11-26-20-32(24-7-13-28(14-8-24)44(46,47)48)40(55-4)22(2)34(26)36(30)37-31(39(38)43(52)54)18-12-27-21-33(41(56-5)23(3)35(27)37)25-9-15-29(16-10-25)45(49,50)51/h7-10,13-16,20-21H,6,11-12,17-19H2,1-5H3. The molecule has 0 fully saturated rings. The molecule has 0 saturated carbocycles. The number of hydrogen-bond donors (Lipinski definition) is 0. The maximum atomic E-state index is 14.2. The minimum absolute atomic E-state index is 0.274. The molecule has 1 aliphatic heterocycles. The first-order valence-electron chi connectivity index (χ1n) is 18.4. The van der Waals surface area contributed by atoms with Gasteiger partial charge >= 0.3 is 12.4 Å². The quantitative estimate of drug-likeness (QED) is 0.127. The molecule has 0 unspecified atom stereocenters. The molecule has 11 heteroatoms. The summed E-state index contributed by atoms with van der Waals surface area (Å²) in [5, 5.41) is 0. The average molecular weight is 770 g/mol. The number of aryl methyl sites for hydroxylation is 2. The minimum atomic E-state index is -4.49. The van der Waals surface area contributed by atoms with Crippen LogP contribution in [0.3, 0.4) is 0 Å². The lowest BCUT2D eigenvalue weighted by atomic mass is 9.69. The number of carbonyl (C=O) groups excluding carboxylic acids is 2. The number of benzene rings is 5. The summed E-state index contributed by atoms with van der Waals surface area (Å²) in [6, 6.07) is 13.8. The van der Waals surface area contributed by atoms with E-state index in [0.717, 1.165) is 79.9 Å². The Balaban J connectivity index is 1.41. The Labute approximate surface area is 319 Å². The van der Waals surface area contributed by atoms with Gasteiger partial charge in [-0.1, -0.05) is 31.2 Å². The van der Waals surface area contributed by atoms with Crippen LogP contribution in [0.25, 0.3) is 44.5 Å². The molecular formula is C45H37F6NO4. The summed E-state index contributed by atoms with van der Waals surface area (Å²) in [6.45, 7) is 5.99. The number of carbonyl (C=O) groups is 2. The topological polar surface area (TPSA) is 55.8 Å². The zero-order chi connectivity index (χ0) is 40.0. The highest BCUT2D eigenvalue weighted by Gasteiger charge is 2.45. The molecule has 0 radical (unpaired) electrons. The number of amides is 2. The SMILES string of the molecule is CCCN1C(=O)c2c3c(c4c(c2C1=O)CCc1cc(-c2ccc(C(F)(F)F)cc2)c(OC)c(C)c1-4)-c1c(cc(-c2ccc(C(F)(F)F)cc2)c(OC)c1C)CC3. The first-order valence-corrected chi connectivity index (χ1v) is 18.4. The number of alkyl halides is 6. The van der Waals surface area contributed by atoms with Gasteiger partial charge in [0.2, 0.25) is 0 Å². The van der Waals surface area contributed by atoms with E-state index in [4.69, 9.17) is 9.47 Å². The Morgan fingerprint density at radius 1 is 0.571 bits per heavy atom. The summed E-state index contributed by atoms with van der Waals surface area (Å²) < 4.78 is 92.9. The monoisotopic (exact) mass is 769 g/mol. The molecule has 3 aliphatic rings. The zero-order valence-electron chi connectivity index (χ0n) is 31.4. The first-order chi connectivity index (χ1) is 26.6. The molecular weight excluding hydrogens is 732 g/mol. The summed E-state index contributed by atoms with van der Waals surface area (Å²) in [5.41, 5.74) is 9.84. The van der Waals surface area contributed by atoms with Gasteiger partial charge in [0.15, 0.2) is 0 Å². The molecule has 0 N–H and O–H groups in total. The molecule has 1 heterocycles. The van der Waals surface area contributed by atoms with E-state index in [0.29, 0.717) is 77.0 Å². The molecule has 2 amide bonds. The molecule has 0 spiro atoms. The third kappa shape index (κ3) is 5.60. The largest absolute Gasteiger partial charge is 0.496 e. The van der Waals surface area contributed by atoms with E-state index in [1.807, 2.05) is 32.9 Å². The van der Waals surface area contributed by atoms with Gasteiger partial charge in [-0.2, -0.15) is 26.3 Å². The van der Waals surface area contributed by atoms with Crippen molar-refractivity contribution in [3.8, 4) is 56.0 Å². The average Bonchev–Trinajstić information content (AvgIpc) is 3.42. The Bertz CT molecular complexity index is 2310. The summed E-state index contributed by atoms with van der Waals surface area (Å²) in [5.74, 6) is 0.309. The van der Waals surface area contributed by atoms with Gasteiger partial charge in [0.05, 0.1) is 36.5 Å². The van der Waals surface area contributed by atoms with Crippen molar-refractivity contribution in [3.63, 3.8) is 0 Å². The van der Waals surface area contributed by atoms with Gasteiger partial charge in [0, 0.05) is 17.7 Å². The third-order valence-electron chi connectivity index (χ3n) is 11.5. The number of ether oxygens (including phenoxy) is 2. The van der Waals surface area contributed by atoms with Gasteiger partial charge < -0.3 is 9.47 Å². The van der Waals surface area contributed by atoms with Crippen LogP contribution in [0.1, 0.15) is 78.6 Å². The van der Waals surface area contributed by atoms with Gasteiger partial charge in [-0.25, -0.2) is 0 Å². The van der Waals surface area contributed by atoms with Crippen molar-refractivity contribution in [1.29, 1.82) is 0 Å². The van der Waals surface area contributed by atoms with E-state index in [9.17, 15) is 35.9 Å². The van der Waals surface area contributed by atoms with Crippen molar-refractivity contribution in [2.24, 2.45) is 0 Å². The highest BCUT2D eigenvalue weighted by Crippen LogP contribution is 2.56. The predicted molar refractivity (Wildman–Crippen MR) is 201 cm³/mol. The van der Waals surface area contributed by atoms with E-state index in [1.54, 1.807) is 0 Å². The summed E-state index contributed by atoms with van der Waals surface area (Å²) in [7, 11) is 3.03. The fraction of sp³-hybridized carbons (Fsp3) is 0.289. The lowest BCUT2D eigenvalue weighted by molar-refractivity contribution is -0.138. The van der Waals surface area contributed by atoms with Crippen LogP contribution >= 0.6 is 0 Å². The van der Waals surface area contributed by atoms with Crippen molar-refractivity contribution in [1.82, 2.24) is 4.90 Å². The highest BCUT2D eigenvalue weighted by atomic mass is 19.4. The summed E-state index contributed by atoms with van der Waals surface area (Å²) >= 11 is 0. The molecule has 56 heavy (non-hydrogen) atoms. The fourth-order valence-corrected chi connectivity index (χ4v) is 9.15. The van der Waals surface area contributed by atoms with E-state index >= 15 is 0 Å². The smallest absolute Gasteiger partial charge is 0.416 e. The lowest BCUT2D eigenvalue weighted by Crippen LogP contribution is -2.30. The van der Waals surface area contributed by atoms with Crippen LogP contribution in [0.5, 0.6) is 11.5 Å². The number of rotatable bonds is 6. The van der Waals surface area contributed by atoms with Crippen LogP contribution in [-0.2, 0) is 38.0 Å². The predicted octanol–water partition coefficient (Wildman–Crippen LogP) is 11.2. The van der Waals surface area contributed by atoms with Crippen LogP contribution < -0.4 is 9.47 Å². The van der Waals surface area contributed by atoms with Crippen LogP contribution in [0.4, 0.5) is 26.3 Å². The van der Waals surface area contributed by atoms with Gasteiger partial charge in [0.1, 0.15) is 11.5 Å². The van der Waals surface area contributed by atoms with Crippen molar-refractivity contribution in [2.45, 2.75) is 65.2 Å². The van der Waals surface area contributed by atoms with Crippen molar-refractivity contribution >= 4 is 11.8 Å². The number of hydrogen-bond acceptors (Lipinski definition) is 4. The van der Waals surface area contributed by atoms with E-state index < -0.39 is 23.5 Å². The first kappa shape index (κ1) is 37.3. The molecule has 0 atom stereocenters. The van der Waals surface area contributed by atoms with Crippen LogP contribution in [0.15, 0.2) is 60.7 Å². The van der Waals surface area contributed by atoms with Gasteiger partial charge in [-0.3, -0.25) is 14.5 Å². The number of imide groups is 1. The maximum Gasteiger partial charge on any atom is 0.416 e. The van der Waals surface area contributed by atoms with Gasteiger partial charge in [0.25, 0.3) is 11.8 Å². The van der Waals surface area contributed by atoms with Gasteiger partial charge in [-0.05, 0) is 149 Å². The number of methoxy groups -OCH3 is 2. The van der Waals surface area contributed by atoms with Crippen molar-refractivity contribution in [2.75, 3.05) is 20.8 Å². The molecule has 0 saturated heterocycles. The number of fused-ring (bicyclic) bond motifs is 10. The van der Waals surface area contributed by atoms with Crippen molar-refractivity contribution < 1.29 is 45.4 Å². The second kappa shape index (κ2) is 13.3. The van der Waals surface area contributed by atoms with E-state index in [2.05, 4.69) is 0 Å². The van der Waals surface area contributed by atoms with E-state index in [1.165, 1.54) is 43.4 Å². The molecule has 5 nitrogen and oxygen atoms in total. The van der Waals surface area contributed by atoms with Crippen molar-refractivity contribution in [3.05, 3.63) is 116 Å². The minimum Gasteiger partial charge on any atom is -0.496 e. The van der Waals surface area contributed by atoms with Gasteiger partial charge in [-0.15, -0.1) is 0 Å². The summed E-state index contributed by atoms with van der Waals surface area (Å²) in [6.07, 6.45) is -6.51. The highest BCUT2D eigenvalue weighted by molar-refractivity contribution is 6.25. The summed E-state index contributed by atoms with van der Waals surface area (Å²) in [4.78, 5) is 29.8. The zero-order valence-corrected chi connectivity index (χ0v) is 31.4. The van der Waals surface area contributed by atoms with Crippen LogP contribution in [-0.4, -0.2) is 37.5 Å². The Morgan fingerprint density at radius 2 is 0.946 bits per heavy atom. The molecule has 5 aromatic rings. The molecule has 0 bridgehead atoms. The third-order valence-corrected chi connectivity index (χ3v) is 11.5. The Kier molecular flexibility index (Phi) is 8.85. The maximum absolute atomic E-state index is 14.2. The normalized spacial score (nSPS) is 14.6. The number of halogens is 6. The fourth-order valence-electron chi connectivity index (χ4n) is 9.15. The lowest BCUT2D eigenvalue weighted by Gasteiger charge is -2.34. The molecule has 8 rings (SSSR count). The Morgan fingerprint density at radius 3 is 1.27 bits per heavy atom. The Hall–Kier alpha value is -5.58. The second-order valence-electron chi connectivity index (χ2n) is 14.6. The van der Waals surface area contributed by atoms with Crippen LogP contribution in [0.2, 0.25) is 0 Å². The molecule has 5 aromatic carbocycles. The number of nitrogens with zero attached hydrogens (tertiary/aromatic N) is 1. The molecule has 288 valence electrons. The second-order valence-corrected chi connectivity index (χ2v) is 14.6. The van der Waals surface area contributed by atoms with Crippen LogP contribution in [0, 0.1) is 13.8 Å².